The number of nitrogens with zero attached hydrogens (tertiary/aromatic N) is 3. The molecule has 1 aromatic rings. The van der Waals surface area contributed by atoms with Crippen LogP contribution in [0.2, 0.25) is 0 Å². The first-order chi connectivity index (χ1) is 18.0. The third-order valence-electron chi connectivity index (χ3n) is 8.14. The lowest BCUT2D eigenvalue weighted by Gasteiger charge is -2.45. The van der Waals surface area contributed by atoms with Crippen molar-refractivity contribution in [3.05, 3.63) is 29.8 Å². The summed E-state index contributed by atoms with van der Waals surface area (Å²) in [4.78, 5) is 44.5. The van der Waals surface area contributed by atoms with Crippen LogP contribution in [0.3, 0.4) is 0 Å². The van der Waals surface area contributed by atoms with Gasteiger partial charge >= 0.3 is 6.03 Å². The summed E-state index contributed by atoms with van der Waals surface area (Å²) in [5, 5.41) is 2.78. The molecule has 37 heavy (non-hydrogen) atoms. The number of hydrogen-bond acceptors (Lipinski definition) is 6. The molecule has 0 aromatic heterocycles. The van der Waals surface area contributed by atoms with E-state index in [4.69, 9.17) is 9.47 Å². The van der Waals surface area contributed by atoms with Crippen LogP contribution in [0.1, 0.15) is 50.5 Å². The number of benzene rings is 1. The molecule has 3 saturated heterocycles. The van der Waals surface area contributed by atoms with Crippen molar-refractivity contribution < 1.29 is 23.9 Å². The van der Waals surface area contributed by atoms with Crippen molar-refractivity contribution in [3.63, 3.8) is 0 Å². The van der Waals surface area contributed by atoms with E-state index in [1.165, 1.54) is 43.7 Å². The number of methoxy groups -OCH3 is 2. The number of hydrogen-bond donors (Lipinski definition) is 1. The summed E-state index contributed by atoms with van der Waals surface area (Å²) in [6, 6.07) is 7.12. The maximum atomic E-state index is 13.3. The van der Waals surface area contributed by atoms with Crippen LogP contribution in [0.25, 0.3) is 0 Å². The molecule has 0 aliphatic carbocycles. The van der Waals surface area contributed by atoms with Gasteiger partial charge in [0.1, 0.15) is 11.8 Å². The maximum Gasteiger partial charge on any atom is 0.324 e. The number of ether oxygens (including phenoxy) is 2. The smallest absolute Gasteiger partial charge is 0.324 e. The van der Waals surface area contributed by atoms with Gasteiger partial charge < -0.3 is 24.6 Å². The summed E-state index contributed by atoms with van der Waals surface area (Å²) in [6.07, 6.45) is 7.20. The van der Waals surface area contributed by atoms with Crippen molar-refractivity contribution in [2.45, 2.75) is 63.5 Å². The van der Waals surface area contributed by atoms with Crippen LogP contribution in [0.5, 0.6) is 5.75 Å². The van der Waals surface area contributed by atoms with E-state index < -0.39 is 6.04 Å². The fraction of sp³-hybridized carbons (Fsp3) is 0.679. The Kier molecular flexibility index (Phi) is 9.80. The summed E-state index contributed by atoms with van der Waals surface area (Å²) in [5.74, 6) is 1.03. The average Bonchev–Trinajstić information content (AvgIpc) is 3.20. The summed E-state index contributed by atoms with van der Waals surface area (Å²) in [7, 11) is 3.27. The highest BCUT2D eigenvalue weighted by atomic mass is 16.5. The number of carbonyl (C=O) groups excluding carboxylic acids is 3. The fourth-order valence-electron chi connectivity index (χ4n) is 6.04. The molecule has 0 spiro atoms. The zero-order chi connectivity index (χ0) is 26.2. The molecule has 9 heteroatoms. The highest BCUT2D eigenvalue weighted by Gasteiger charge is 2.38. The van der Waals surface area contributed by atoms with Crippen LogP contribution in [0.4, 0.5) is 4.79 Å². The van der Waals surface area contributed by atoms with Crippen LogP contribution < -0.4 is 10.1 Å². The second-order valence-electron chi connectivity index (χ2n) is 10.5. The van der Waals surface area contributed by atoms with Gasteiger partial charge in [0, 0.05) is 39.2 Å². The first-order valence-corrected chi connectivity index (χ1v) is 13.8. The molecular weight excluding hydrogens is 472 g/mol. The molecule has 4 amide bonds. The minimum atomic E-state index is -0.653. The first-order valence-electron chi connectivity index (χ1n) is 13.8. The van der Waals surface area contributed by atoms with Gasteiger partial charge in [0.15, 0.2) is 0 Å². The Labute approximate surface area is 220 Å². The third-order valence-corrected chi connectivity index (χ3v) is 8.14. The van der Waals surface area contributed by atoms with Gasteiger partial charge in [-0.1, -0.05) is 18.6 Å². The lowest BCUT2D eigenvalue weighted by Crippen LogP contribution is -2.52. The zero-order valence-corrected chi connectivity index (χ0v) is 22.3. The van der Waals surface area contributed by atoms with E-state index >= 15 is 0 Å². The van der Waals surface area contributed by atoms with Crippen molar-refractivity contribution in [2.24, 2.45) is 5.92 Å². The molecule has 0 radical (unpaired) electrons. The molecule has 0 bridgehead atoms. The lowest BCUT2D eigenvalue weighted by molar-refractivity contribution is -0.133. The fourth-order valence-corrected chi connectivity index (χ4v) is 6.04. The van der Waals surface area contributed by atoms with E-state index in [0.29, 0.717) is 44.5 Å². The van der Waals surface area contributed by atoms with Crippen LogP contribution >= 0.6 is 0 Å². The van der Waals surface area contributed by atoms with Gasteiger partial charge in [-0.05, 0) is 75.2 Å². The molecule has 9 nitrogen and oxygen atoms in total. The summed E-state index contributed by atoms with van der Waals surface area (Å²) >= 11 is 0. The normalized spacial score (nSPS) is 24.1. The number of imide groups is 1. The van der Waals surface area contributed by atoms with Gasteiger partial charge in [-0.25, -0.2) is 4.79 Å². The molecular formula is C28H42N4O5. The Balaban J connectivity index is 1.29. The first kappa shape index (κ1) is 27.4. The summed E-state index contributed by atoms with van der Waals surface area (Å²) < 4.78 is 10.5. The minimum absolute atomic E-state index is 0.0312. The van der Waals surface area contributed by atoms with E-state index in [1.807, 2.05) is 29.2 Å². The Morgan fingerprint density at radius 2 is 1.86 bits per heavy atom. The van der Waals surface area contributed by atoms with E-state index in [1.54, 1.807) is 14.2 Å². The van der Waals surface area contributed by atoms with E-state index in [2.05, 4.69) is 10.2 Å². The maximum absolute atomic E-state index is 13.3. The highest BCUT2D eigenvalue weighted by molar-refractivity contribution is 6.04. The van der Waals surface area contributed by atoms with Crippen LogP contribution in [-0.2, 0) is 20.7 Å². The molecule has 3 heterocycles. The highest BCUT2D eigenvalue weighted by Crippen LogP contribution is 2.31. The van der Waals surface area contributed by atoms with Crippen molar-refractivity contribution in [1.82, 2.24) is 20.0 Å². The predicted octanol–water partition coefficient (Wildman–Crippen LogP) is 2.68. The monoisotopic (exact) mass is 514 g/mol. The van der Waals surface area contributed by atoms with E-state index in [-0.39, 0.29) is 24.3 Å². The number of fused-ring (bicyclic) bond motifs is 1. The Bertz CT molecular complexity index is 922. The van der Waals surface area contributed by atoms with Crippen LogP contribution in [0, 0.1) is 5.92 Å². The summed E-state index contributed by atoms with van der Waals surface area (Å²) in [5.41, 5.74) is 1.02. The Hall–Kier alpha value is -2.65. The number of nitrogens with one attached hydrogen (secondary N) is 1. The van der Waals surface area contributed by atoms with Crippen molar-refractivity contribution >= 4 is 17.8 Å². The largest absolute Gasteiger partial charge is 0.497 e. The third kappa shape index (κ3) is 7.02. The molecule has 3 aliphatic heterocycles. The molecule has 0 unspecified atom stereocenters. The van der Waals surface area contributed by atoms with Gasteiger partial charge in [0.2, 0.25) is 5.91 Å². The Morgan fingerprint density at radius 1 is 1.08 bits per heavy atom. The molecule has 3 aliphatic rings. The molecule has 4 rings (SSSR count). The lowest BCUT2D eigenvalue weighted by atomic mass is 9.83. The second kappa shape index (κ2) is 13.2. The number of piperidine rings is 2. The van der Waals surface area contributed by atoms with Gasteiger partial charge in [-0.3, -0.25) is 14.5 Å². The van der Waals surface area contributed by atoms with Gasteiger partial charge in [0.25, 0.3) is 5.91 Å². The predicted molar refractivity (Wildman–Crippen MR) is 140 cm³/mol. The standard InChI is InChI=1S/C28H42N4O5/c1-36-19-18-31(20-22-6-5-16-30-15-4-3-7-25(22)30)26(33)13-12-24-27(34)32(28(35)29-24)17-14-21-8-10-23(37-2)11-9-21/h8-11,22,24-25H,3-7,12-20H2,1-2H3,(H,29,35)/t22-,24+,25-/m0/s1. The van der Waals surface area contributed by atoms with Crippen molar-refractivity contribution in [3.8, 4) is 5.75 Å². The average molecular weight is 515 g/mol. The molecule has 0 saturated carbocycles. The Morgan fingerprint density at radius 3 is 2.62 bits per heavy atom. The van der Waals surface area contributed by atoms with E-state index in [9.17, 15) is 14.4 Å². The number of urea groups is 1. The number of rotatable bonds is 12. The molecule has 204 valence electrons. The topological polar surface area (TPSA) is 91.4 Å². The zero-order valence-electron chi connectivity index (χ0n) is 22.3. The van der Waals surface area contributed by atoms with Gasteiger partial charge in [-0.15, -0.1) is 0 Å². The number of amides is 4. The van der Waals surface area contributed by atoms with Gasteiger partial charge in [-0.2, -0.15) is 0 Å². The van der Waals surface area contributed by atoms with Crippen molar-refractivity contribution in [1.29, 1.82) is 0 Å². The molecule has 3 atom stereocenters. The molecule has 1 aromatic carbocycles. The van der Waals surface area contributed by atoms with E-state index in [0.717, 1.165) is 24.3 Å². The summed E-state index contributed by atoms with van der Waals surface area (Å²) in [6.45, 7) is 4.43. The van der Waals surface area contributed by atoms with Gasteiger partial charge in [0.05, 0.1) is 13.7 Å². The van der Waals surface area contributed by atoms with Crippen LogP contribution in [0.15, 0.2) is 24.3 Å². The molecule has 3 fully saturated rings. The quantitative estimate of drug-likeness (QED) is 0.432. The van der Waals surface area contributed by atoms with Crippen LogP contribution in [-0.4, -0.2) is 98.2 Å². The minimum Gasteiger partial charge on any atom is -0.497 e. The second-order valence-corrected chi connectivity index (χ2v) is 10.5. The SMILES string of the molecule is COCCN(C[C@@H]1CCCN2CCCC[C@@H]12)C(=O)CC[C@H]1NC(=O)N(CCc2ccc(OC)cc2)C1=O. The molecule has 1 N–H and O–H groups in total. The van der Waals surface area contributed by atoms with Crippen molar-refractivity contribution in [2.75, 3.05) is 53.6 Å². The number of carbonyl (C=O) groups is 3.